The van der Waals surface area contributed by atoms with E-state index in [4.69, 9.17) is 10.2 Å². The lowest BCUT2D eigenvalue weighted by molar-refractivity contribution is -0.402. The summed E-state index contributed by atoms with van der Waals surface area (Å²) in [6, 6.07) is 1.98. The molecule has 1 rings (SSSR count). The predicted molar refractivity (Wildman–Crippen MR) is 42.9 cm³/mol. The Hall–Kier alpha value is -1.43. The molecule has 0 saturated carbocycles. The van der Waals surface area contributed by atoms with Crippen LogP contribution < -0.4 is 5.73 Å². The van der Waals surface area contributed by atoms with Crippen molar-refractivity contribution in [3.05, 3.63) is 28.0 Å². The lowest BCUT2D eigenvalue weighted by Crippen LogP contribution is -2.09. The van der Waals surface area contributed by atoms with Crippen LogP contribution in [0.3, 0.4) is 0 Å². The van der Waals surface area contributed by atoms with Gasteiger partial charge in [0.05, 0.1) is 18.8 Å². The number of alkyl halides is 1. The van der Waals surface area contributed by atoms with Crippen LogP contribution in [0.15, 0.2) is 16.5 Å². The molecule has 13 heavy (non-hydrogen) atoms. The highest BCUT2D eigenvalue weighted by atomic mass is 19.1. The van der Waals surface area contributed by atoms with Crippen LogP contribution in [-0.4, -0.2) is 11.6 Å². The highest BCUT2D eigenvalue weighted by Gasteiger charge is 2.16. The molecule has 5 nitrogen and oxygen atoms in total. The van der Waals surface area contributed by atoms with Crippen molar-refractivity contribution in [1.29, 1.82) is 0 Å². The van der Waals surface area contributed by atoms with Crippen LogP contribution in [-0.2, 0) is 0 Å². The number of furan rings is 1. The Morgan fingerprint density at radius 1 is 1.69 bits per heavy atom. The van der Waals surface area contributed by atoms with Crippen molar-refractivity contribution < 1.29 is 13.7 Å². The Morgan fingerprint density at radius 2 is 2.38 bits per heavy atom. The second kappa shape index (κ2) is 3.99. The topological polar surface area (TPSA) is 82.3 Å². The average molecular weight is 188 g/mol. The van der Waals surface area contributed by atoms with E-state index in [1.165, 1.54) is 12.1 Å². The first-order valence-electron chi connectivity index (χ1n) is 3.71. The first-order chi connectivity index (χ1) is 6.15. The monoisotopic (exact) mass is 188 g/mol. The fraction of sp³-hybridized carbons (Fsp3) is 0.429. The molecule has 0 aliphatic carbocycles. The Labute approximate surface area is 73.5 Å². The molecule has 72 valence electrons. The predicted octanol–water partition coefficient (Wildman–Crippen LogP) is 1.55. The fourth-order valence-corrected chi connectivity index (χ4v) is 0.899. The third kappa shape index (κ3) is 2.25. The van der Waals surface area contributed by atoms with Crippen LogP contribution in [0.5, 0.6) is 0 Å². The molecule has 0 bridgehead atoms. The van der Waals surface area contributed by atoms with Gasteiger partial charge in [-0.15, -0.1) is 0 Å². The van der Waals surface area contributed by atoms with Gasteiger partial charge in [0.1, 0.15) is 10.7 Å². The summed E-state index contributed by atoms with van der Waals surface area (Å²) in [5.74, 6) is -0.131. The molecule has 1 aromatic heterocycles. The lowest BCUT2D eigenvalue weighted by atomic mass is 10.2. The molecule has 1 heterocycles. The molecule has 0 spiro atoms. The maximum absolute atomic E-state index is 11.8. The zero-order valence-corrected chi connectivity index (χ0v) is 6.77. The van der Waals surface area contributed by atoms with Crippen molar-refractivity contribution in [2.75, 3.05) is 6.67 Å². The van der Waals surface area contributed by atoms with Gasteiger partial charge in [-0.3, -0.25) is 14.5 Å². The standard InChI is InChI=1S/C7H9FN2O3/c8-4-3-5(9)6-1-2-7(13-6)10(11)12/h1-2,5H,3-4,9H2/t5-/m0/s1. The summed E-state index contributed by atoms with van der Waals surface area (Å²) >= 11 is 0. The number of nitrogens with two attached hydrogens (primary N) is 1. The summed E-state index contributed by atoms with van der Waals surface area (Å²) in [5, 5.41) is 10.2. The van der Waals surface area contributed by atoms with Crippen molar-refractivity contribution >= 4 is 5.88 Å². The van der Waals surface area contributed by atoms with Gasteiger partial charge in [0, 0.05) is 0 Å². The minimum atomic E-state index is -0.661. The molecule has 2 N–H and O–H groups in total. The quantitative estimate of drug-likeness (QED) is 0.574. The molecular formula is C7H9FN2O3. The number of halogens is 1. The molecule has 1 atom stereocenters. The number of hydrogen-bond acceptors (Lipinski definition) is 4. The molecule has 0 amide bonds. The maximum Gasteiger partial charge on any atom is 0.433 e. The van der Waals surface area contributed by atoms with Crippen LogP contribution in [0.4, 0.5) is 10.3 Å². The molecule has 0 radical (unpaired) electrons. The van der Waals surface area contributed by atoms with Crippen LogP contribution in [0.25, 0.3) is 0 Å². The third-order valence-corrected chi connectivity index (χ3v) is 1.58. The van der Waals surface area contributed by atoms with Crippen molar-refractivity contribution in [3.63, 3.8) is 0 Å². The summed E-state index contributed by atoms with van der Waals surface area (Å²) in [5.41, 5.74) is 5.46. The first-order valence-corrected chi connectivity index (χ1v) is 3.71. The summed E-state index contributed by atoms with van der Waals surface area (Å²) in [6.07, 6.45) is 0.102. The molecular weight excluding hydrogens is 179 g/mol. The van der Waals surface area contributed by atoms with Gasteiger partial charge in [-0.25, -0.2) is 0 Å². The van der Waals surface area contributed by atoms with E-state index in [0.717, 1.165) is 0 Å². The van der Waals surface area contributed by atoms with E-state index in [9.17, 15) is 14.5 Å². The van der Waals surface area contributed by atoms with Crippen LogP contribution in [0.2, 0.25) is 0 Å². The molecule has 0 aliphatic rings. The minimum Gasteiger partial charge on any atom is -0.404 e. The average Bonchev–Trinajstić information content (AvgIpc) is 2.52. The van der Waals surface area contributed by atoms with Gasteiger partial charge < -0.3 is 10.2 Å². The molecule has 6 heteroatoms. The fourth-order valence-electron chi connectivity index (χ4n) is 0.899. The SMILES string of the molecule is N[C@@H](CCF)c1ccc([N+](=O)[O-])o1. The molecule has 0 aromatic carbocycles. The van der Waals surface area contributed by atoms with E-state index in [0.29, 0.717) is 0 Å². The molecule has 0 aliphatic heterocycles. The molecule has 1 aromatic rings. The summed E-state index contributed by atoms with van der Waals surface area (Å²) < 4.78 is 16.6. The Morgan fingerprint density at radius 3 is 2.85 bits per heavy atom. The third-order valence-electron chi connectivity index (χ3n) is 1.58. The molecule has 0 saturated heterocycles. The van der Waals surface area contributed by atoms with E-state index in [1.807, 2.05) is 0 Å². The second-order valence-corrected chi connectivity index (χ2v) is 2.52. The maximum atomic E-state index is 11.8. The van der Waals surface area contributed by atoms with Gasteiger partial charge in [0.15, 0.2) is 0 Å². The van der Waals surface area contributed by atoms with E-state index in [-0.39, 0.29) is 18.1 Å². The van der Waals surface area contributed by atoms with Gasteiger partial charge in [0.25, 0.3) is 0 Å². The van der Waals surface area contributed by atoms with Gasteiger partial charge in [-0.1, -0.05) is 0 Å². The van der Waals surface area contributed by atoms with Crippen LogP contribution in [0, 0.1) is 10.1 Å². The number of hydrogen-bond donors (Lipinski definition) is 1. The van der Waals surface area contributed by atoms with Gasteiger partial charge in [-0.05, 0) is 12.5 Å². The van der Waals surface area contributed by atoms with Crippen LogP contribution >= 0.6 is 0 Å². The zero-order chi connectivity index (χ0) is 9.84. The Bertz CT molecular complexity index is 300. The second-order valence-electron chi connectivity index (χ2n) is 2.52. The minimum absolute atomic E-state index is 0.102. The number of rotatable bonds is 4. The molecule has 0 fully saturated rings. The van der Waals surface area contributed by atoms with E-state index in [2.05, 4.69) is 0 Å². The summed E-state index contributed by atoms with van der Waals surface area (Å²) in [4.78, 5) is 9.53. The van der Waals surface area contributed by atoms with E-state index < -0.39 is 17.6 Å². The van der Waals surface area contributed by atoms with Crippen LogP contribution in [0.1, 0.15) is 18.2 Å². The number of nitro groups is 1. The summed E-state index contributed by atoms with van der Waals surface area (Å²) in [6.45, 7) is -0.574. The van der Waals surface area contributed by atoms with Crippen molar-refractivity contribution in [3.8, 4) is 0 Å². The van der Waals surface area contributed by atoms with Gasteiger partial charge in [-0.2, -0.15) is 0 Å². The van der Waals surface area contributed by atoms with Gasteiger partial charge >= 0.3 is 5.88 Å². The van der Waals surface area contributed by atoms with Gasteiger partial charge in [0.2, 0.25) is 0 Å². The van der Waals surface area contributed by atoms with E-state index in [1.54, 1.807) is 0 Å². The van der Waals surface area contributed by atoms with Crippen molar-refractivity contribution in [2.45, 2.75) is 12.5 Å². The molecule has 0 unspecified atom stereocenters. The lowest BCUT2D eigenvalue weighted by Gasteiger charge is -2.03. The van der Waals surface area contributed by atoms with E-state index >= 15 is 0 Å². The van der Waals surface area contributed by atoms with Crippen molar-refractivity contribution in [1.82, 2.24) is 0 Å². The normalized spacial score (nSPS) is 12.8. The Balaban J connectivity index is 2.73. The summed E-state index contributed by atoms with van der Waals surface area (Å²) in [7, 11) is 0. The highest BCUT2D eigenvalue weighted by Crippen LogP contribution is 2.21. The first kappa shape index (κ1) is 9.66. The smallest absolute Gasteiger partial charge is 0.404 e. The highest BCUT2D eigenvalue weighted by molar-refractivity contribution is 5.19. The largest absolute Gasteiger partial charge is 0.433 e. The number of nitrogens with zero attached hydrogens (tertiary/aromatic N) is 1. The zero-order valence-electron chi connectivity index (χ0n) is 6.77. The Kier molecular flexibility index (Phi) is 2.97. The van der Waals surface area contributed by atoms with Crippen molar-refractivity contribution in [2.24, 2.45) is 5.73 Å².